The summed E-state index contributed by atoms with van der Waals surface area (Å²) in [6, 6.07) is 73.0. The Hall–Kier alpha value is -7.31. The van der Waals surface area contributed by atoms with Crippen LogP contribution in [0.2, 0.25) is 0 Å². The minimum atomic E-state index is 1.03. The van der Waals surface area contributed by atoms with Crippen LogP contribution >= 0.6 is 22.7 Å². The Bertz CT molecular complexity index is 3520. The molecule has 13 rings (SSSR count). The van der Waals surface area contributed by atoms with Gasteiger partial charge in [-0.2, -0.15) is 0 Å². The zero-order chi connectivity index (χ0) is 39.3. The molecule has 0 aliphatic rings. The van der Waals surface area contributed by atoms with Gasteiger partial charge < -0.3 is 9.13 Å². The molecule has 3 nitrogen and oxygen atoms in total. The highest BCUT2D eigenvalue weighted by Crippen LogP contribution is 2.44. The fourth-order valence-electron chi connectivity index (χ4n) is 9.43. The summed E-state index contributed by atoms with van der Waals surface area (Å²) in [5.41, 5.74) is 14.0. The van der Waals surface area contributed by atoms with Gasteiger partial charge in [-0.25, -0.2) is 4.98 Å². The molecule has 0 spiro atoms. The standard InChI is InChI=1S/C55H33N3S2/c1-6-16-47-41(11-1)42-12-2-7-17-48(42)57(47)37-26-21-34(22-27-37)39-30-31-40(35-23-28-38(29-24-35)58-49-18-8-3-13-43(49)44-14-4-9-19-50(44)58)54-53(39)56-55(60-54)36-25-32-52-46(33-36)45-15-5-10-20-51(45)59-52/h1-33H. The van der Waals surface area contributed by atoms with Crippen LogP contribution in [0, 0.1) is 0 Å². The first-order chi connectivity index (χ1) is 29.7. The number of thiazole rings is 1. The summed E-state index contributed by atoms with van der Waals surface area (Å²) in [6.07, 6.45) is 0. The Morgan fingerprint density at radius 3 is 1.32 bits per heavy atom. The third-order valence-electron chi connectivity index (χ3n) is 12.2. The predicted molar refractivity (Wildman–Crippen MR) is 257 cm³/mol. The van der Waals surface area contributed by atoms with E-state index < -0.39 is 0 Å². The summed E-state index contributed by atoms with van der Waals surface area (Å²) in [5, 5.41) is 8.68. The van der Waals surface area contributed by atoms with Crippen molar-refractivity contribution in [3.05, 3.63) is 200 Å². The first kappa shape index (κ1) is 33.6. The van der Waals surface area contributed by atoms with Crippen molar-refractivity contribution in [1.82, 2.24) is 14.1 Å². The highest BCUT2D eigenvalue weighted by atomic mass is 32.1. The maximum Gasteiger partial charge on any atom is 0.124 e. The normalized spacial score (nSPS) is 12.0. The van der Waals surface area contributed by atoms with Gasteiger partial charge in [-0.3, -0.25) is 0 Å². The van der Waals surface area contributed by atoms with E-state index >= 15 is 0 Å². The van der Waals surface area contributed by atoms with E-state index in [1.807, 2.05) is 11.3 Å². The number of fused-ring (bicyclic) bond motifs is 10. The number of hydrogen-bond acceptors (Lipinski definition) is 3. The van der Waals surface area contributed by atoms with E-state index in [1.165, 1.54) is 79.6 Å². The Balaban J connectivity index is 0.964. The van der Waals surface area contributed by atoms with E-state index in [2.05, 4.69) is 209 Å². The molecule has 13 aromatic rings. The molecule has 4 aromatic heterocycles. The Kier molecular flexibility index (Phi) is 7.35. The molecule has 4 heterocycles. The number of nitrogens with zero attached hydrogens (tertiary/aromatic N) is 3. The molecule has 60 heavy (non-hydrogen) atoms. The van der Waals surface area contributed by atoms with E-state index in [1.54, 1.807) is 11.3 Å². The molecule has 0 N–H and O–H groups in total. The molecular formula is C55H33N3S2. The lowest BCUT2D eigenvalue weighted by Gasteiger charge is -2.12. The van der Waals surface area contributed by atoms with Gasteiger partial charge in [0.25, 0.3) is 0 Å². The molecule has 0 radical (unpaired) electrons. The first-order valence-corrected chi connectivity index (χ1v) is 21.9. The van der Waals surface area contributed by atoms with Gasteiger partial charge in [0.05, 0.1) is 32.3 Å². The number of aromatic nitrogens is 3. The van der Waals surface area contributed by atoms with Gasteiger partial charge in [0.15, 0.2) is 0 Å². The number of para-hydroxylation sites is 4. The van der Waals surface area contributed by atoms with Crippen molar-refractivity contribution in [2.45, 2.75) is 0 Å². The smallest absolute Gasteiger partial charge is 0.124 e. The molecular weight excluding hydrogens is 767 g/mol. The zero-order valence-electron chi connectivity index (χ0n) is 32.2. The maximum atomic E-state index is 5.51. The van der Waals surface area contributed by atoms with E-state index in [9.17, 15) is 0 Å². The molecule has 0 fully saturated rings. The lowest BCUT2D eigenvalue weighted by molar-refractivity contribution is 1.18. The summed E-state index contributed by atoms with van der Waals surface area (Å²) < 4.78 is 8.56. The second-order valence-corrected chi connectivity index (χ2v) is 17.6. The van der Waals surface area contributed by atoms with Crippen LogP contribution in [0.25, 0.3) is 118 Å². The number of benzene rings is 9. The Morgan fingerprint density at radius 2 is 0.767 bits per heavy atom. The van der Waals surface area contributed by atoms with Gasteiger partial charge in [0.2, 0.25) is 0 Å². The molecule has 0 amide bonds. The highest BCUT2D eigenvalue weighted by molar-refractivity contribution is 7.26. The van der Waals surface area contributed by atoms with Gasteiger partial charge in [0, 0.05) is 69.8 Å². The third-order valence-corrected chi connectivity index (χ3v) is 14.5. The zero-order valence-corrected chi connectivity index (χ0v) is 33.8. The molecule has 0 aliphatic heterocycles. The quantitative estimate of drug-likeness (QED) is 0.170. The topological polar surface area (TPSA) is 22.8 Å². The summed E-state index contributed by atoms with van der Waals surface area (Å²) in [6.45, 7) is 0. The van der Waals surface area contributed by atoms with Gasteiger partial charge in [-0.15, -0.1) is 22.7 Å². The molecule has 0 aliphatic carbocycles. The molecule has 0 atom stereocenters. The molecule has 0 unspecified atom stereocenters. The summed E-state index contributed by atoms with van der Waals surface area (Å²) >= 11 is 3.64. The highest BCUT2D eigenvalue weighted by Gasteiger charge is 2.19. The van der Waals surface area contributed by atoms with Crippen molar-refractivity contribution in [1.29, 1.82) is 0 Å². The van der Waals surface area contributed by atoms with Crippen molar-refractivity contribution < 1.29 is 0 Å². The molecule has 0 saturated carbocycles. The van der Waals surface area contributed by atoms with Crippen molar-refractivity contribution in [2.75, 3.05) is 0 Å². The maximum absolute atomic E-state index is 5.51. The number of thiophene rings is 1. The van der Waals surface area contributed by atoms with Crippen molar-refractivity contribution >= 4 is 96.7 Å². The molecule has 0 saturated heterocycles. The van der Waals surface area contributed by atoms with Crippen LogP contribution in [0.3, 0.4) is 0 Å². The second-order valence-electron chi connectivity index (χ2n) is 15.5. The summed E-state index contributed by atoms with van der Waals surface area (Å²) in [5.74, 6) is 0. The predicted octanol–water partition coefficient (Wildman–Crippen LogP) is 15.9. The first-order valence-electron chi connectivity index (χ1n) is 20.3. The average Bonchev–Trinajstić information content (AvgIpc) is 4.09. The van der Waals surface area contributed by atoms with Crippen molar-refractivity contribution in [2.24, 2.45) is 0 Å². The Morgan fingerprint density at radius 1 is 0.333 bits per heavy atom. The van der Waals surface area contributed by atoms with E-state index in [0.29, 0.717) is 0 Å². The van der Waals surface area contributed by atoms with E-state index in [-0.39, 0.29) is 0 Å². The summed E-state index contributed by atoms with van der Waals surface area (Å²) in [4.78, 5) is 5.51. The minimum Gasteiger partial charge on any atom is -0.309 e. The van der Waals surface area contributed by atoms with Gasteiger partial charge in [-0.1, -0.05) is 133 Å². The van der Waals surface area contributed by atoms with Crippen LogP contribution in [0.4, 0.5) is 0 Å². The van der Waals surface area contributed by atoms with Gasteiger partial charge in [0.1, 0.15) is 5.01 Å². The second kappa shape index (κ2) is 13.1. The number of hydrogen-bond donors (Lipinski definition) is 0. The van der Waals surface area contributed by atoms with Crippen molar-refractivity contribution in [3.63, 3.8) is 0 Å². The monoisotopic (exact) mass is 799 g/mol. The van der Waals surface area contributed by atoms with Crippen LogP contribution in [0.15, 0.2) is 200 Å². The SMILES string of the molecule is c1ccc2c(c1)sc1ccc(-c3nc4c(-c5ccc(-n6c7ccccc7c7ccccc76)cc5)ccc(-c5ccc(-n6c7ccccc7c7ccccc76)cc5)c4s3)cc12. The third kappa shape index (κ3) is 5.03. The van der Waals surface area contributed by atoms with E-state index in [0.717, 1.165) is 38.6 Å². The van der Waals surface area contributed by atoms with Crippen molar-refractivity contribution in [3.8, 4) is 44.2 Å². The minimum absolute atomic E-state index is 1.03. The fraction of sp³-hybridized carbons (Fsp3) is 0. The van der Waals surface area contributed by atoms with Crippen LogP contribution < -0.4 is 0 Å². The fourth-order valence-corrected chi connectivity index (χ4v) is 11.6. The number of rotatable bonds is 5. The van der Waals surface area contributed by atoms with Gasteiger partial charge >= 0.3 is 0 Å². The largest absolute Gasteiger partial charge is 0.309 e. The Labute approximate surface area is 353 Å². The lowest BCUT2D eigenvalue weighted by atomic mass is 9.98. The molecule has 280 valence electrons. The summed E-state index contributed by atoms with van der Waals surface area (Å²) in [7, 11) is 0. The van der Waals surface area contributed by atoms with Crippen LogP contribution in [-0.2, 0) is 0 Å². The molecule has 5 heteroatoms. The molecule has 9 aromatic carbocycles. The van der Waals surface area contributed by atoms with Crippen LogP contribution in [0.5, 0.6) is 0 Å². The van der Waals surface area contributed by atoms with Crippen LogP contribution in [0.1, 0.15) is 0 Å². The van der Waals surface area contributed by atoms with E-state index in [4.69, 9.17) is 4.98 Å². The molecule has 0 bridgehead atoms. The van der Waals surface area contributed by atoms with Gasteiger partial charge in [-0.05, 0) is 77.9 Å². The lowest BCUT2D eigenvalue weighted by Crippen LogP contribution is -1.94. The average molecular weight is 800 g/mol. The van der Waals surface area contributed by atoms with Crippen LogP contribution in [-0.4, -0.2) is 14.1 Å².